The number of benzene rings is 3. The van der Waals surface area contributed by atoms with Crippen LogP contribution >= 0.6 is 0 Å². The first-order chi connectivity index (χ1) is 21.7. The molecule has 0 unspecified atom stereocenters. The number of rotatable bonds is 9. The molecule has 3 amide bonds. The molecule has 0 aromatic heterocycles. The highest BCUT2D eigenvalue weighted by Gasteiger charge is 2.39. The van der Waals surface area contributed by atoms with E-state index in [1.165, 1.54) is 48.2 Å². The molecule has 1 aliphatic carbocycles. The summed E-state index contributed by atoms with van der Waals surface area (Å²) >= 11 is 0. The van der Waals surface area contributed by atoms with Crippen LogP contribution in [0.15, 0.2) is 84.9 Å². The number of aliphatic carboxylic acids is 1. The van der Waals surface area contributed by atoms with E-state index in [-0.39, 0.29) is 31.9 Å². The molecule has 2 atom stereocenters. The van der Waals surface area contributed by atoms with Crippen molar-refractivity contribution in [1.82, 2.24) is 14.7 Å². The van der Waals surface area contributed by atoms with E-state index in [1.807, 2.05) is 60.7 Å². The van der Waals surface area contributed by atoms with Crippen LogP contribution in [-0.4, -0.2) is 89.6 Å². The summed E-state index contributed by atoms with van der Waals surface area (Å²) in [5.74, 6) is -2.81. The maximum atomic E-state index is 14.2. The molecule has 1 N–H and O–H groups in total. The zero-order valence-electron chi connectivity index (χ0n) is 25.3. The summed E-state index contributed by atoms with van der Waals surface area (Å²) in [6.45, 7) is -0.296. The molecule has 10 heteroatoms. The Bertz CT molecular complexity index is 1560. The third kappa shape index (κ3) is 6.90. The van der Waals surface area contributed by atoms with Crippen molar-refractivity contribution in [3.05, 3.63) is 107 Å². The topological polar surface area (TPSA) is 107 Å². The number of halogens is 1. The molecule has 5 rings (SSSR count). The largest absolute Gasteiger partial charge is 0.480 e. The fraction of sp³-hybridized carbons (Fsp3) is 0.314. The van der Waals surface area contributed by atoms with Gasteiger partial charge >= 0.3 is 12.1 Å². The van der Waals surface area contributed by atoms with Crippen LogP contribution in [0.2, 0.25) is 0 Å². The second kappa shape index (κ2) is 13.8. The van der Waals surface area contributed by atoms with Gasteiger partial charge in [0, 0.05) is 33.0 Å². The normalized spacial score (nSPS) is 16.6. The number of ether oxygens (including phenoxy) is 1. The minimum absolute atomic E-state index is 0.0416. The lowest BCUT2D eigenvalue weighted by atomic mass is 9.98. The zero-order valence-corrected chi connectivity index (χ0v) is 25.3. The predicted octanol–water partition coefficient (Wildman–Crippen LogP) is 4.71. The van der Waals surface area contributed by atoms with Crippen LogP contribution in [0.5, 0.6) is 0 Å². The number of amides is 3. The van der Waals surface area contributed by atoms with Crippen molar-refractivity contribution in [3.63, 3.8) is 0 Å². The lowest BCUT2D eigenvalue weighted by Gasteiger charge is -2.38. The van der Waals surface area contributed by atoms with E-state index >= 15 is 0 Å². The minimum Gasteiger partial charge on any atom is -0.480 e. The number of nitrogens with zero attached hydrogens (tertiary/aromatic N) is 3. The fourth-order valence-electron chi connectivity index (χ4n) is 6.13. The molecular weight excluding hydrogens is 577 g/mol. The van der Waals surface area contributed by atoms with E-state index < -0.39 is 48.3 Å². The summed E-state index contributed by atoms with van der Waals surface area (Å²) in [5, 5.41) is 9.31. The predicted molar refractivity (Wildman–Crippen MR) is 166 cm³/mol. The SMILES string of the molecule is CN(CC(=O)O)C(=O)[C@H](Cc1ccc(F)cc1)N1CCC=CC[C@H](N(C)C(=O)OCC2c3ccccc3-c3ccccc32)C1=O. The number of carboxylic acid groups (broad SMARTS) is 1. The smallest absolute Gasteiger partial charge is 0.410 e. The van der Waals surface area contributed by atoms with Gasteiger partial charge in [-0.15, -0.1) is 0 Å². The second-order valence-electron chi connectivity index (χ2n) is 11.4. The van der Waals surface area contributed by atoms with E-state index in [0.29, 0.717) is 12.0 Å². The van der Waals surface area contributed by atoms with Crippen molar-refractivity contribution in [2.75, 3.05) is 33.8 Å². The standard InChI is InChI=1S/C35H36FN3O6/c1-37(21-32(40)41)33(42)31(20-23-15-17-24(36)18-16-23)39-19-9-3-4-14-30(34(39)43)38(2)35(44)45-22-29-27-12-7-5-10-25(27)26-11-6-8-13-28(26)29/h3-8,10-13,15-18,29-31H,9,14,19-22H2,1-2H3,(H,40,41)/t30-,31-/m0/s1. The second-order valence-corrected chi connectivity index (χ2v) is 11.4. The van der Waals surface area contributed by atoms with Crippen LogP contribution in [0.25, 0.3) is 11.1 Å². The van der Waals surface area contributed by atoms with Crippen LogP contribution in [-0.2, 0) is 25.5 Å². The first kappa shape index (κ1) is 31.4. The summed E-state index contributed by atoms with van der Waals surface area (Å²) < 4.78 is 19.5. The van der Waals surface area contributed by atoms with E-state index in [1.54, 1.807) is 0 Å². The van der Waals surface area contributed by atoms with Gasteiger partial charge in [-0.2, -0.15) is 0 Å². The van der Waals surface area contributed by atoms with Gasteiger partial charge in [0.1, 0.15) is 31.1 Å². The maximum absolute atomic E-state index is 14.2. The molecular formula is C35H36FN3O6. The summed E-state index contributed by atoms with van der Waals surface area (Å²) in [5.41, 5.74) is 4.94. The molecule has 0 bridgehead atoms. The lowest BCUT2D eigenvalue weighted by Crippen LogP contribution is -2.57. The molecule has 0 fully saturated rings. The molecule has 3 aromatic rings. The van der Waals surface area contributed by atoms with Gasteiger partial charge in [-0.3, -0.25) is 19.3 Å². The molecule has 3 aromatic carbocycles. The van der Waals surface area contributed by atoms with Gasteiger partial charge in [0.25, 0.3) is 0 Å². The molecule has 0 spiro atoms. The van der Waals surface area contributed by atoms with Gasteiger partial charge in [-0.1, -0.05) is 72.8 Å². The Morgan fingerprint density at radius 3 is 2.20 bits per heavy atom. The molecule has 234 valence electrons. The average Bonchev–Trinajstić information content (AvgIpc) is 3.34. The van der Waals surface area contributed by atoms with Gasteiger partial charge in [-0.25, -0.2) is 9.18 Å². The Labute approximate surface area is 261 Å². The summed E-state index contributed by atoms with van der Waals surface area (Å²) in [4.78, 5) is 56.4. The fourth-order valence-corrected chi connectivity index (χ4v) is 6.13. The Morgan fingerprint density at radius 1 is 0.956 bits per heavy atom. The number of likely N-dealkylation sites (N-methyl/N-ethyl adjacent to an activating group) is 2. The molecule has 9 nitrogen and oxygen atoms in total. The van der Waals surface area contributed by atoms with Crippen molar-refractivity contribution in [3.8, 4) is 11.1 Å². The molecule has 0 saturated heterocycles. The Hall–Kier alpha value is -4.99. The van der Waals surface area contributed by atoms with Crippen molar-refractivity contribution < 1.29 is 33.4 Å². The quantitative estimate of drug-likeness (QED) is 0.351. The maximum Gasteiger partial charge on any atom is 0.410 e. The number of carboxylic acids is 1. The van der Waals surface area contributed by atoms with E-state index in [2.05, 4.69) is 0 Å². The molecule has 0 saturated carbocycles. The lowest BCUT2D eigenvalue weighted by molar-refractivity contribution is -0.150. The van der Waals surface area contributed by atoms with Crippen molar-refractivity contribution in [1.29, 1.82) is 0 Å². The van der Waals surface area contributed by atoms with Crippen molar-refractivity contribution in [2.45, 2.75) is 37.3 Å². The van der Waals surface area contributed by atoms with E-state index in [0.717, 1.165) is 27.2 Å². The third-order valence-electron chi connectivity index (χ3n) is 8.47. The molecule has 1 aliphatic heterocycles. The molecule has 45 heavy (non-hydrogen) atoms. The van der Waals surface area contributed by atoms with Crippen LogP contribution in [0.1, 0.15) is 35.4 Å². The number of hydrogen-bond acceptors (Lipinski definition) is 5. The van der Waals surface area contributed by atoms with Crippen LogP contribution in [0.3, 0.4) is 0 Å². The summed E-state index contributed by atoms with van der Waals surface area (Å²) in [6, 6.07) is 19.6. The minimum atomic E-state index is -1.19. The highest BCUT2D eigenvalue weighted by Crippen LogP contribution is 2.44. The number of carbonyl (C=O) groups excluding carboxylic acids is 3. The van der Waals surface area contributed by atoms with Gasteiger partial charge in [-0.05, 0) is 52.8 Å². The average molecular weight is 614 g/mol. The third-order valence-corrected chi connectivity index (χ3v) is 8.47. The summed E-state index contributed by atoms with van der Waals surface area (Å²) in [6.07, 6.45) is 3.76. The van der Waals surface area contributed by atoms with Gasteiger partial charge in [0.15, 0.2) is 0 Å². The number of hydrogen-bond donors (Lipinski definition) is 1. The highest BCUT2D eigenvalue weighted by molar-refractivity contribution is 5.92. The van der Waals surface area contributed by atoms with E-state index in [9.17, 15) is 28.7 Å². The zero-order chi connectivity index (χ0) is 32.1. The Kier molecular flexibility index (Phi) is 9.61. The monoisotopic (exact) mass is 613 g/mol. The number of fused-ring (bicyclic) bond motifs is 3. The van der Waals surface area contributed by atoms with Crippen LogP contribution in [0.4, 0.5) is 9.18 Å². The van der Waals surface area contributed by atoms with Gasteiger partial charge < -0.3 is 19.6 Å². The molecule has 0 radical (unpaired) electrons. The van der Waals surface area contributed by atoms with Gasteiger partial charge in [0.05, 0.1) is 0 Å². The van der Waals surface area contributed by atoms with Crippen LogP contribution in [0, 0.1) is 5.82 Å². The number of carbonyl (C=O) groups is 4. The first-order valence-electron chi connectivity index (χ1n) is 14.9. The van der Waals surface area contributed by atoms with Crippen LogP contribution < -0.4 is 0 Å². The Morgan fingerprint density at radius 2 is 1.58 bits per heavy atom. The summed E-state index contributed by atoms with van der Waals surface area (Å²) in [7, 11) is 2.87. The Balaban J connectivity index is 1.36. The van der Waals surface area contributed by atoms with E-state index in [4.69, 9.17) is 4.74 Å². The van der Waals surface area contributed by atoms with Crippen molar-refractivity contribution >= 4 is 23.9 Å². The molecule has 1 heterocycles. The van der Waals surface area contributed by atoms with Crippen molar-refractivity contribution in [2.24, 2.45) is 0 Å². The van der Waals surface area contributed by atoms with Gasteiger partial charge in [0.2, 0.25) is 11.8 Å². The first-order valence-corrected chi connectivity index (χ1v) is 14.9. The molecule has 2 aliphatic rings. The highest BCUT2D eigenvalue weighted by atomic mass is 19.1.